The second-order valence-corrected chi connectivity index (χ2v) is 4.80. The van der Waals surface area contributed by atoms with Gasteiger partial charge in [-0.15, -0.1) is 0 Å². The van der Waals surface area contributed by atoms with Crippen LogP contribution in [0.2, 0.25) is 0 Å². The maximum Gasteiger partial charge on any atom is 0.339 e. The Balaban J connectivity index is 2.23. The van der Waals surface area contributed by atoms with Gasteiger partial charge in [0.2, 0.25) is 0 Å². The maximum atomic E-state index is 12.2. The fraction of sp³-hybridized carbons (Fsp3) is 0.250. The van der Waals surface area contributed by atoms with Gasteiger partial charge < -0.3 is 4.74 Å². The number of benzene rings is 1. The van der Waals surface area contributed by atoms with Crippen molar-refractivity contribution in [2.75, 3.05) is 12.4 Å². The molecule has 0 fully saturated rings. The summed E-state index contributed by atoms with van der Waals surface area (Å²) in [5.74, 6) is 1.38. The number of methoxy groups -OCH3 is 1. The SMILES string of the molecule is COc1ccc(C(=O)Nc2cc(C)cc(C)[n+]2C)cc1. The summed E-state index contributed by atoms with van der Waals surface area (Å²) in [7, 11) is 3.53. The topological polar surface area (TPSA) is 42.2 Å². The lowest BCUT2D eigenvalue weighted by molar-refractivity contribution is -0.663. The molecule has 1 aromatic heterocycles. The van der Waals surface area contributed by atoms with Crippen LogP contribution in [0.3, 0.4) is 0 Å². The average molecular weight is 271 g/mol. The Morgan fingerprint density at radius 2 is 1.80 bits per heavy atom. The molecule has 0 aliphatic rings. The highest BCUT2D eigenvalue weighted by atomic mass is 16.5. The van der Waals surface area contributed by atoms with Gasteiger partial charge in [0.05, 0.1) is 19.7 Å². The number of aryl methyl sites for hydroxylation is 2. The average Bonchev–Trinajstić information content (AvgIpc) is 2.44. The lowest BCUT2D eigenvalue weighted by Gasteiger charge is -2.06. The zero-order valence-electron chi connectivity index (χ0n) is 12.2. The van der Waals surface area contributed by atoms with E-state index in [2.05, 4.69) is 11.4 Å². The normalized spacial score (nSPS) is 10.2. The summed E-state index contributed by atoms with van der Waals surface area (Å²) in [5.41, 5.74) is 2.81. The summed E-state index contributed by atoms with van der Waals surface area (Å²) < 4.78 is 7.03. The van der Waals surface area contributed by atoms with E-state index in [-0.39, 0.29) is 5.91 Å². The first-order valence-electron chi connectivity index (χ1n) is 6.44. The number of pyridine rings is 1. The predicted molar refractivity (Wildman–Crippen MR) is 78.0 cm³/mol. The lowest BCUT2D eigenvalue weighted by atomic mass is 10.2. The van der Waals surface area contributed by atoms with Gasteiger partial charge in [0.15, 0.2) is 0 Å². The summed E-state index contributed by atoms with van der Waals surface area (Å²) in [6, 6.07) is 11.1. The van der Waals surface area contributed by atoms with Crippen molar-refractivity contribution >= 4 is 11.7 Å². The van der Waals surface area contributed by atoms with Gasteiger partial charge in [-0.25, -0.2) is 14.7 Å². The molecule has 0 unspecified atom stereocenters. The van der Waals surface area contributed by atoms with Crippen molar-refractivity contribution in [1.29, 1.82) is 0 Å². The van der Waals surface area contributed by atoms with E-state index in [1.54, 1.807) is 31.4 Å². The van der Waals surface area contributed by atoms with Crippen molar-refractivity contribution in [3.63, 3.8) is 0 Å². The molecule has 2 aromatic rings. The third kappa shape index (κ3) is 2.96. The molecule has 4 heteroatoms. The molecule has 4 nitrogen and oxygen atoms in total. The molecule has 0 radical (unpaired) electrons. The van der Waals surface area contributed by atoms with Gasteiger partial charge in [-0.2, -0.15) is 0 Å². The minimum absolute atomic E-state index is 0.131. The molecule has 0 saturated carbocycles. The monoisotopic (exact) mass is 271 g/mol. The van der Waals surface area contributed by atoms with E-state index in [0.717, 1.165) is 22.8 Å². The van der Waals surface area contributed by atoms with Crippen molar-refractivity contribution in [2.45, 2.75) is 13.8 Å². The zero-order chi connectivity index (χ0) is 14.7. The molecule has 1 N–H and O–H groups in total. The first-order valence-corrected chi connectivity index (χ1v) is 6.44. The first-order chi connectivity index (χ1) is 9.51. The Morgan fingerprint density at radius 3 is 2.40 bits per heavy atom. The molecular formula is C16H19N2O2+. The number of anilines is 1. The van der Waals surface area contributed by atoms with Gasteiger partial charge in [0.25, 0.3) is 5.82 Å². The van der Waals surface area contributed by atoms with Crippen LogP contribution >= 0.6 is 0 Å². The number of aromatic nitrogens is 1. The van der Waals surface area contributed by atoms with E-state index in [1.807, 2.05) is 31.5 Å². The van der Waals surface area contributed by atoms with Crippen LogP contribution in [-0.4, -0.2) is 13.0 Å². The highest BCUT2D eigenvalue weighted by molar-refractivity contribution is 6.03. The summed E-state index contributed by atoms with van der Waals surface area (Å²) in [5, 5.41) is 2.93. The molecule has 1 amide bonds. The Kier molecular flexibility index (Phi) is 4.03. The van der Waals surface area contributed by atoms with Gasteiger partial charge in [-0.3, -0.25) is 0 Å². The van der Waals surface area contributed by atoms with Crippen molar-refractivity contribution in [1.82, 2.24) is 0 Å². The van der Waals surface area contributed by atoms with E-state index in [0.29, 0.717) is 5.56 Å². The molecule has 0 aliphatic carbocycles. The van der Waals surface area contributed by atoms with Crippen molar-refractivity contribution in [3.8, 4) is 5.75 Å². The Labute approximate surface area is 119 Å². The molecule has 20 heavy (non-hydrogen) atoms. The minimum Gasteiger partial charge on any atom is -0.497 e. The van der Waals surface area contributed by atoms with Gasteiger partial charge in [0, 0.05) is 6.07 Å². The molecule has 0 saturated heterocycles. The van der Waals surface area contributed by atoms with E-state index in [9.17, 15) is 4.79 Å². The smallest absolute Gasteiger partial charge is 0.339 e. The number of amides is 1. The van der Waals surface area contributed by atoms with Crippen LogP contribution in [0, 0.1) is 13.8 Å². The number of carbonyl (C=O) groups excluding carboxylic acids is 1. The molecule has 0 atom stereocenters. The zero-order valence-corrected chi connectivity index (χ0v) is 12.2. The van der Waals surface area contributed by atoms with Crippen LogP contribution in [0.1, 0.15) is 21.6 Å². The molecule has 0 bridgehead atoms. The van der Waals surface area contributed by atoms with Crippen LogP contribution in [0.25, 0.3) is 0 Å². The van der Waals surface area contributed by atoms with Gasteiger partial charge in [-0.05, 0) is 49.7 Å². The fourth-order valence-electron chi connectivity index (χ4n) is 2.02. The molecule has 0 aliphatic heterocycles. The molecule has 1 aromatic carbocycles. The quantitative estimate of drug-likeness (QED) is 0.871. The number of hydrogen-bond acceptors (Lipinski definition) is 2. The molecular weight excluding hydrogens is 252 g/mol. The van der Waals surface area contributed by atoms with E-state index < -0.39 is 0 Å². The molecule has 104 valence electrons. The standard InChI is InChI=1S/C16H18N2O2/c1-11-9-12(2)18(3)15(10-11)17-16(19)13-5-7-14(20-4)8-6-13/h5-10H,1-4H3/p+1. The van der Waals surface area contributed by atoms with E-state index in [1.165, 1.54) is 0 Å². The van der Waals surface area contributed by atoms with Gasteiger partial charge in [-0.1, -0.05) is 0 Å². The van der Waals surface area contributed by atoms with Crippen molar-refractivity contribution in [3.05, 3.63) is 53.2 Å². The number of hydrogen-bond donors (Lipinski definition) is 1. The Bertz CT molecular complexity index is 634. The van der Waals surface area contributed by atoms with Crippen LogP contribution in [0.15, 0.2) is 36.4 Å². The third-order valence-electron chi connectivity index (χ3n) is 3.29. The third-order valence-corrected chi connectivity index (χ3v) is 3.29. The van der Waals surface area contributed by atoms with Crippen molar-refractivity contribution in [2.24, 2.45) is 7.05 Å². The first kappa shape index (κ1) is 14.1. The summed E-state index contributed by atoms with van der Waals surface area (Å²) >= 11 is 0. The second kappa shape index (κ2) is 5.74. The lowest BCUT2D eigenvalue weighted by Crippen LogP contribution is -2.37. The fourth-order valence-corrected chi connectivity index (χ4v) is 2.02. The van der Waals surface area contributed by atoms with E-state index in [4.69, 9.17) is 4.74 Å². The highest BCUT2D eigenvalue weighted by Gasteiger charge is 2.16. The predicted octanol–water partition coefficient (Wildman–Crippen LogP) is 2.39. The van der Waals surface area contributed by atoms with Crippen molar-refractivity contribution < 1.29 is 14.1 Å². The Morgan fingerprint density at radius 1 is 1.15 bits per heavy atom. The number of nitrogens with zero attached hydrogens (tertiary/aromatic N) is 1. The number of rotatable bonds is 3. The summed E-state index contributed by atoms with van der Waals surface area (Å²) in [6.45, 7) is 4.02. The summed E-state index contributed by atoms with van der Waals surface area (Å²) in [6.07, 6.45) is 0. The van der Waals surface area contributed by atoms with Crippen LogP contribution < -0.4 is 14.6 Å². The molecule has 2 rings (SSSR count). The number of nitrogens with one attached hydrogen (secondary N) is 1. The van der Waals surface area contributed by atoms with E-state index >= 15 is 0 Å². The minimum atomic E-state index is -0.131. The maximum absolute atomic E-state index is 12.2. The molecule has 0 spiro atoms. The Hall–Kier alpha value is -2.36. The van der Waals surface area contributed by atoms with Crippen LogP contribution in [0.5, 0.6) is 5.75 Å². The molecule has 1 heterocycles. The van der Waals surface area contributed by atoms with Crippen LogP contribution in [-0.2, 0) is 7.05 Å². The second-order valence-electron chi connectivity index (χ2n) is 4.80. The van der Waals surface area contributed by atoms with Gasteiger partial charge >= 0.3 is 5.91 Å². The summed E-state index contributed by atoms with van der Waals surface area (Å²) in [4.78, 5) is 12.2. The van der Waals surface area contributed by atoms with Gasteiger partial charge in [0.1, 0.15) is 11.4 Å². The van der Waals surface area contributed by atoms with Crippen LogP contribution in [0.4, 0.5) is 5.82 Å². The number of carbonyl (C=O) groups is 1. The number of ether oxygens (including phenoxy) is 1. The highest BCUT2D eigenvalue weighted by Crippen LogP contribution is 2.13. The largest absolute Gasteiger partial charge is 0.497 e.